The molecule has 0 atom stereocenters. The number of rotatable bonds is 3. The van der Waals surface area contributed by atoms with E-state index in [1.807, 2.05) is 0 Å². The molecule has 0 aromatic heterocycles. The predicted octanol–water partition coefficient (Wildman–Crippen LogP) is 2.50. The molecule has 0 heterocycles. The van der Waals surface area contributed by atoms with Crippen LogP contribution in [0.1, 0.15) is 48.9 Å². The van der Waals surface area contributed by atoms with E-state index >= 15 is 0 Å². The highest BCUT2D eigenvalue weighted by Gasteiger charge is 2.36. The van der Waals surface area contributed by atoms with Crippen LogP contribution in [0, 0.1) is 0 Å². The molecular weight excluding hydrogens is 272 g/mol. The van der Waals surface area contributed by atoms with Crippen LogP contribution in [-0.2, 0) is 0 Å². The van der Waals surface area contributed by atoms with Gasteiger partial charge in [0.1, 0.15) is 5.75 Å². The van der Waals surface area contributed by atoms with Crippen LogP contribution in [-0.4, -0.2) is 21.5 Å². The number of amides is 1. The topological polar surface area (TPSA) is 75.3 Å². The molecule has 2 rings (SSSR count). The molecule has 1 aromatic carbocycles. The zero-order valence-electron chi connectivity index (χ0n) is 11.4. The number of nitrogens with two attached hydrogens (primary N) is 1. The van der Waals surface area contributed by atoms with Crippen molar-refractivity contribution in [1.82, 2.24) is 5.32 Å². The minimum absolute atomic E-state index is 0.0308. The van der Waals surface area contributed by atoms with Crippen molar-refractivity contribution in [1.29, 1.82) is 0 Å². The first kappa shape index (κ1) is 14.8. The molecule has 4 N–H and O–H groups in total. The summed E-state index contributed by atoms with van der Waals surface area (Å²) in [5.41, 5.74) is 5.53. The molecule has 4 nitrogen and oxygen atoms in total. The summed E-state index contributed by atoms with van der Waals surface area (Å²) in [4.78, 5) is 12.7. The summed E-state index contributed by atoms with van der Waals surface area (Å²) in [6.07, 6.45) is 5.80. The highest BCUT2D eigenvalue weighted by molar-refractivity contribution is 7.80. The minimum atomic E-state index is -0.620. The molecule has 0 radical (unpaired) electrons. The lowest BCUT2D eigenvalue weighted by Crippen LogP contribution is -2.56. The lowest BCUT2D eigenvalue weighted by Gasteiger charge is -2.33. The number of phenols is 1. The standard InChI is InChI=1S/C15H20N2O2S/c16-14(20)15(9-5-1-2-6-10-15)17-13(19)11-7-3-4-8-12(11)18/h3-4,7-8,18H,1-2,5-6,9-10H2,(H2,16,20)(H,17,19). The van der Waals surface area contributed by atoms with E-state index in [1.165, 1.54) is 6.07 Å². The molecule has 0 unspecified atom stereocenters. The number of nitrogens with one attached hydrogen (secondary N) is 1. The van der Waals surface area contributed by atoms with Crippen molar-refractivity contribution in [2.24, 2.45) is 5.73 Å². The first-order valence-electron chi connectivity index (χ1n) is 6.95. The van der Waals surface area contributed by atoms with Crippen LogP contribution < -0.4 is 11.1 Å². The Kier molecular flexibility index (Phi) is 4.60. The normalized spacial score (nSPS) is 18.0. The molecule has 0 saturated heterocycles. The number of para-hydroxylation sites is 1. The van der Waals surface area contributed by atoms with Crippen LogP contribution in [0.25, 0.3) is 0 Å². The van der Waals surface area contributed by atoms with Crippen LogP contribution >= 0.6 is 12.2 Å². The van der Waals surface area contributed by atoms with Gasteiger partial charge in [-0.1, -0.05) is 50.0 Å². The van der Waals surface area contributed by atoms with Gasteiger partial charge in [-0.05, 0) is 25.0 Å². The lowest BCUT2D eigenvalue weighted by molar-refractivity contribution is 0.0915. The molecule has 1 aliphatic rings. The van der Waals surface area contributed by atoms with Gasteiger partial charge in [0.15, 0.2) is 0 Å². The van der Waals surface area contributed by atoms with Gasteiger partial charge in [0.2, 0.25) is 0 Å². The number of aromatic hydroxyl groups is 1. The summed E-state index contributed by atoms with van der Waals surface area (Å²) < 4.78 is 0. The lowest BCUT2D eigenvalue weighted by atomic mass is 9.89. The van der Waals surface area contributed by atoms with E-state index in [4.69, 9.17) is 18.0 Å². The van der Waals surface area contributed by atoms with Gasteiger partial charge in [0.05, 0.1) is 16.1 Å². The maximum absolute atomic E-state index is 12.4. The molecule has 1 saturated carbocycles. The zero-order chi connectivity index (χ0) is 14.6. The highest BCUT2D eigenvalue weighted by Crippen LogP contribution is 2.28. The second-order valence-electron chi connectivity index (χ2n) is 5.33. The van der Waals surface area contributed by atoms with Crippen LogP contribution in [0.5, 0.6) is 5.75 Å². The SMILES string of the molecule is NC(=S)C1(NC(=O)c2ccccc2O)CCCCCC1. The summed E-state index contributed by atoms with van der Waals surface area (Å²) in [7, 11) is 0. The Balaban J connectivity index is 2.22. The van der Waals surface area contributed by atoms with Crippen LogP contribution in [0.15, 0.2) is 24.3 Å². The van der Waals surface area contributed by atoms with E-state index < -0.39 is 5.54 Å². The van der Waals surface area contributed by atoms with E-state index in [9.17, 15) is 9.90 Å². The fourth-order valence-corrected chi connectivity index (χ4v) is 2.97. The Labute approximate surface area is 124 Å². The molecule has 1 fully saturated rings. The van der Waals surface area contributed by atoms with E-state index in [1.54, 1.807) is 18.2 Å². The maximum Gasteiger partial charge on any atom is 0.255 e. The molecule has 1 aromatic rings. The van der Waals surface area contributed by atoms with Gasteiger partial charge in [0.25, 0.3) is 5.91 Å². The summed E-state index contributed by atoms with van der Waals surface area (Å²) in [6, 6.07) is 6.49. The summed E-state index contributed by atoms with van der Waals surface area (Å²) in [5.74, 6) is -0.352. The third-order valence-corrected chi connectivity index (χ3v) is 4.32. The van der Waals surface area contributed by atoms with Gasteiger partial charge in [0, 0.05) is 0 Å². The van der Waals surface area contributed by atoms with Crippen molar-refractivity contribution in [2.45, 2.75) is 44.1 Å². The van der Waals surface area contributed by atoms with Gasteiger partial charge >= 0.3 is 0 Å². The van der Waals surface area contributed by atoms with E-state index in [0.29, 0.717) is 4.99 Å². The van der Waals surface area contributed by atoms with Gasteiger partial charge < -0.3 is 16.2 Å². The van der Waals surface area contributed by atoms with E-state index in [2.05, 4.69) is 5.32 Å². The van der Waals surface area contributed by atoms with Crippen LogP contribution in [0.3, 0.4) is 0 Å². The van der Waals surface area contributed by atoms with Crippen molar-refractivity contribution in [3.63, 3.8) is 0 Å². The smallest absolute Gasteiger partial charge is 0.255 e. The van der Waals surface area contributed by atoms with Crippen LogP contribution in [0.4, 0.5) is 0 Å². The summed E-state index contributed by atoms with van der Waals surface area (Å²) in [6.45, 7) is 0. The average molecular weight is 292 g/mol. The second kappa shape index (κ2) is 6.22. The van der Waals surface area contributed by atoms with Crippen molar-refractivity contribution < 1.29 is 9.90 Å². The number of carbonyl (C=O) groups excluding carboxylic acids is 1. The zero-order valence-corrected chi connectivity index (χ0v) is 12.2. The largest absolute Gasteiger partial charge is 0.507 e. The Morgan fingerprint density at radius 3 is 2.35 bits per heavy atom. The van der Waals surface area contributed by atoms with Crippen LogP contribution in [0.2, 0.25) is 0 Å². The third-order valence-electron chi connectivity index (χ3n) is 3.93. The number of thiocarbonyl (C=S) groups is 1. The molecule has 108 valence electrons. The monoisotopic (exact) mass is 292 g/mol. The second-order valence-corrected chi connectivity index (χ2v) is 5.77. The molecule has 0 bridgehead atoms. The van der Waals surface area contributed by atoms with Crippen molar-refractivity contribution >= 4 is 23.1 Å². The molecule has 20 heavy (non-hydrogen) atoms. The molecule has 0 spiro atoms. The Bertz CT molecular complexity index is 508. The number of carbonyl (C=O) groups is 1. The summed E-state index contributed by atoms with van der Waals surface area (Å²) >= 11 is 5.19. The number of hydrogen-bond donors (Lipinski definition) is 3. The van der Waals surface area contributed by atoms with E-state index in [-0.39, 0.29) is 17.2 Å². The fraction of sp³-hybridized carbons (Fsp3) is 0.467. The first-order valence-corrected chi connectivity index (χ1v) is 7.36. The predicted molar refractivity (Wildman–Crippen MR) is 82.8 cm³/mol. The molecule has 5 heteroatoms. The molecule has 1 amide bonds. The Morgan fingerprint density at radius 1 is 1.20 bits per heavy atom. The first-order chi connectivity index (χ1) is 9.55. The van der Waals surface area contributed by atoms with Gasteiger partial charge in [-0.25, -0.2) is 0 Å². The van der Waals surface area contributed by atoms with Gasteiger partial charge in [-0.3, -0.25) is 4.79 Å². The average Bonchev–Trinajstić information content (AvgIpc) is 2.65. The minimum Gasteiger partial charge on any atom is -0.507 e. The molecule has 0 aliphatic heterocycles. The summed E-state index contributed by atoms with van der Waals surface area (Å²) in [5, 5.41) is 12.7. The van der Waals surface area contributed by atoms with E-state index in [0.717, 1.165) is 38.5 Å². The number of hydrogen-bond acceptors (Lipinski definition) is 3. The molecular formula is C15H20N2O2S. The fourth-order valence-electron chi connectivity index (χ4n) is 2.72. The Hall–Kier alpha value is -1.62. The molecule has 1 aliphatic carbocycles. The number of benzene rings is 1. The van der Waals surface area contributed by atoms with Gasteiger partial charge in [-0.2, -0.15) is 0 Å². The highest BCUT2D eigenvalue weighted by atomic mass is 32.1. The number of phenolic OH excluding ortho intramolecular Hbond substituents is 1. The maximum atomic E-state index is 12.4. The quantitative estimate of drug-likeness (QED) is 0.591. The Morgan fingerprint density at radius 2 is 1.80 bits per heavy atom. The third kappa shape index (κ3) is 3.10. The van der Waals surface area contributed by atoms with Gasteiger partial charge in [-0.15, -0.1) is 0 Å². The van der Waals surface area contributed by atoms with Crippen molar-refractivity contribution in [3.8, 4) is 5.75 Å². The van der Waals surface area contributed by atoms with Crippen molar-refractivity contribution in [2.75, 3.05) is 0 Å². The van der Waals surface area contributed by atoms with Crippen molar-refractivity contribution in [3.05, 3.63) is 29.8 Å².